The van der Waals surface area contributed by atoms with E-state index in [4.69, 9.17) is 10.5 Å². The third-order valence-corrected chi connectivity index (χ3v) is 2.77. The third kappa shape index (κ3) is 3.17. The zero-order valence-electron chi connectivity index (χ0n) is 10.6. The minimum Gasteiger partial charge on any atom is -0.486 e. The van der Waals surface area contributed by atoms with E-state index in [1.54, 1.807) is 0 Å². The number of carbonyl (C=O) groups is 2. The second-order valence-electron chi connectivity index (χ2n) is 4.15. The Bertz CT molecular complexity index is 522. The summed E-state index contributed by atoms with van der Waals surface area (Å²) in [7, 11) is 0. The topological polar surface area (TPSA) is 93.8 Å². The Morgan fingerprint density at radius 1 is 1.32 bits per heavy atom. The molecule has 1 heterocycles. The number of nitrogens with two attached hydrogens (primary N) is 1. The van der Waals surface area contributed by atoms with E-state index < -0.39 is 17.9 Å². The van der Waals surface area contributed by atoms with Crippen molar-refractivity contribution in [2.24, 2.45) is 10.7 Å². The zero-order valence-corrected chi connectivity index (χ0v) is 10.6. The summed E-state index contributed by atoms with van der Waals surface area (Å²) in [6.45, 7) is 2.09. The number of hydrogen-bond acceptors (Lipinski definition) is 4. The minimum atomic E-state index is -1.22. The molecule has 3 N–H and O–H groups in total. The standard InChI is InChI=1S/C13H15N3O3/c1-2-8-3-5-9(6-4-8)19-7-10-15-12(17)11(14)13(18)16-10/h3-6,11H,2,7,14H2,1H3,(H,15,16,17,18). The molecule has 6 nitrogen and oxygen atoms in total. The Morgan fingerprint density at radius 2 is 2.00 bits per heavy atom. The van der Waals surface area contributed by atoms with Crippen molar-refractivity contribution in [3.8, 4) is 5.75 Å². The monoisotopic (exact) mass is 261 g/mol. The van der Waals surface area contributed by atoms with Gasteiger partial charge in [-0.25, -0.2) is 0 Å². The smallest absolute Gasteiger partial charge is 0.274 e. The van der Waals surface area contributed by atoms with Gasteiger partial charge >= 0.3 is 0 Å². The maximum Gasteiger partial charge on any atom is 0.274 e. The van der Waals surface area contributed by atoms with Crippen molar-refractivity contribution in [3.05, 3.63) is 29.8 Å². The number of hydrogen-bond donors (Lipinski definition) is 2. The van der Waals surface area contributed by atoms with E-state index in [0.717, 1.165) is 6.42 Å². The van der Waals surface area contributed by atoms with Gasteiger partial charge in [-0.15, -0.1) is 0 Å². The molecule has 0 saturated carbocycles. The highest BCUT2D eigenvalue weighted by molar-refractivity contribution is 6.18. The molecule has 0 saturated heterocycles. The summed E-state index contributed by atoms with van der Waals surface area (Å²) in [6.07, 6.45) is 0.954. The fourth-order valence-electron chi connectivity index (χ4n) is 1.60. The highest BCUT2D eigenvalue weighted by Crippen LogP contribution is 2.12. The molecule has 0 aromatic heterocycles. The third-order valence-electron chi connectivity index (χ3n) is 2.77. The average molecular weight is 261 g/mol. The van der Waals surface area contributed by atoms with Crippen molar-refractivity contribution < 1.29 is 14.3 Å². The Morgan fingerprint density at radius 3 is 2.58 bits per heavy atom. The molecule has 1 aliphatic rings. The van der Waals surface area contributed by atoms with Crippen LogP contribution in [0.2, 0.25) is 0 Å². The van der Waals surface area contributed by atoms with E-state index in [9.17, 15) is 9.59 Å². The number of benzene rings is 1. The lowest BCUT2D eigenvalue weighted by Gasteiger charge is -2.17. The summed E-state index contributed by atoms with van der Waals surface area (Å²) in [4.78, 5) is 26.3. The first-order chi connectivity index (χ1) is 9.10. The van der Waals surface area contributed by atoms with Crippen molar-refractivity contribution >= 4 is 17.6 Å². The Kier molecular flexibility index (Phi) is 3.91. The molecule has 1 unspecified atom stereocenters. The normalized spacial score (nSPS) is 18.8. The van der Waals surface area contributed by atoms with E-state index in [-0.39, 0.29) is 12.4 Å². The quantitative estimate of drug-likeness (QED) is 0.746. The first kappa shape index (κ1) is 13.2. The van der Waals surface area contributed by atoms with E-state index in [1.165, 1.54) is 5.56 Å². The largest absolute Gasteiger partial charge is 0.486 e. The summed E-state index contributed by atoms with van der Waals surface area (Å²) in [5.74, 6) is -0.378. The summed E-state index contributed by atoms with van der Waals surface area (Å²) in [5, 5.41) is 2.43. The first-order valence-corrected chi connectivity index (χ1v) is 5.99. The summed E-state index contributed by atoms with van der Waals surface area (Å²) >= 11 is 0. The van der Waals surface area contributed by atoms with Gasteiger partial charge in [0.2, 0.25) is 0 Å². The fourth-order valence-corrected chi connectivity index (χ4v) is 1.60. The number of nitrogens with zero attached hydrogens (tertiary/aromatic N) is 1. The van der Waals surface area contributed by atoms with Gasteiger partial charge in [-0.05, 0) is 24.1 Å². The number of aliphatic imine (C=N–C) groups is 1. The zero-order chi connectivity index (χ0) is 13.8. The Hall–Kier alpha value is -2.21. The van der Waals surface area contributed by atoms with Crippen LogP contribution in [-0.4, -0.2) is 30.3 Å². The number of carbonyl (C=O) groups excluding carboxylic acids is 2. The van der Waals surface area contributed by atoms with Crippen molar-refractivity contribution in [2.45, 2.75) is 19.4 Å². The Balaban J connectivity index is 1.97. The molecule has 1 aromatic rings. The number of amidine groups is 1. The summed E-state index contributed by atoms with van der Waals surface area (Å²) in [5.41, 5.74) is 6.52. The summed E-state index contributed by atoms with van der Waals surface area (Å²) in [6, 6.07) is 6.36. The van der Waals surface area contributed by atoms with Gasteiger partial charge in [0.05, 0.1) is 0 Å². The van der Waals surface area contributed by atoms with Gasteiger partial charge in [0.25, 0.3) is 11.8 Å². The van der Waals surface area contributed by atoms with Crippen molar-refractivity contribution in [1.82, 2.24) is 5.32 Å². The second kappa shape index (κ2) is 5.62. The highest BCUT2D eigenvalue weighted by atomic mass is 16.5. The number of nitrogens with one attached hydrogen (secondary N) is 1. The molecule has 0 radical (unpaired) electrons. The van der Waals surface area contributed by atoms with Gasteiger partial charge in [0.1, 0.15) is 12.4 Å². The number of aryl methyl sites for hydroxylation is 1. The van der Waals surface area contributed by atoms with E-state index in [2.05, 4.69) is 17.2 Å². The summed E-state index contributed by atoms with van der Waals surface area (Å²) < 4.78 is 5.44. The van der Waals surface area contributed by atoms with Crippen LogP contribution in [0.1, 0.15) is 12.5 Å². The van der Waals surface area contributed by atoms with Crippen molar-refractivity contribution in [1.29, 1.82) is 0 Å². The molecule has 1 aliphatic heterocycles. The lowest BCUT2D eigenvalue weighted by atomic mass is 10.2. The Labute approximate surface area is 110 Å². The number of ether oxygens (including phenoxy) is 1. The van der Waals surface area contributed by atoms with Gasteiger partial charge < -0.3 is 15.8 Å². The van der Waals surface area contributed by atoms with E-state index >= 15 is 0 Å². The molecule has 6 heteroatoms. The molecule has 0 fully saturated rings. The SMILES string of the molecule is CCc1ccc(OCC2=NC(=O)C(N)C(=O)N2)cc1. The predicted octanol–water partition coefficient (Wildman–Crippen LogP) is 0.01000. The lowest BCUT2D eigenvalue weighted by molar-refractivity contribution is -0.129. The molecule has 100 valence electrons. The molecule has 0 spiro atoms. The highest BCUT2D eigenvalue weighted by Gasteiger charge is 2.28. The van der Waals surface area contributed by atoms with E-state index in [1.807, 2.05) is 24.3 Å². The van der Waals surface area contributed by atoms with Crippen LogP contribution in [-0.2, 0) is 16.0 Å². The maximum absolute atomic E-state index is 11.3. The molecule has 0 aliphatic carbocycles. The maximum atomic E-state index is 11.3. The van der Waals surface area contributed by atoms with Gasteiger partial charge in [0.15, 0.2) is 11.9 Å². The second-order valence-corrected chi connectivity index (χ2v) is 4.15. The minimum absolute atomic E-state index is 0.0235. The van der Waals surface area contributed by atoms with Gasteiger partial charge in [-0.2, -0.15) is 4.99 Å². The van der Waals surface area contributed by atoms with Gasteiger partial charge in [-0.1, -0.05) is 19.1 Å². The van der Waals surface area contributed by atoms with Gasteiger partial charge in [-0.3, -0.25) is 9.59 Å². The van der Waals surface area contributed by atoms with Crippen LogP contribution >= 0.6 is 0 Å². The van der Waals surface area contributed by atoms with Crippen molar-refractivity contribution in [3.63, 3.8) is 0 Å². The van der Waals surface area contributed by atoms with Crippen LogP contribution in [0, 0.1) is 0 Å². The molecular weight excluding hydrogens is 246 g/mol. The van der Waals surface area contributed by atoms with Crippen LogP contribution in [0.15, 0.2) is 29.3 Å². The fraction of sp³-hybridized carbons (Fsp3) is 0.308. The molecule has 2 amide bonds. The molecular formula is C13H15N3O3. The van der Waals surface area contributed by atoms with Crippen LogP contribution in [0.3, 0.4) is 0 Å². The number of rotatable bonds is 4. The van der Waals surface area contributed by atoms with E-state index in [0.29, 0.717) is 5.75 Å². The van der Waals surface area contributed by atoms with Crippen LogP contribution in [0.4, 0.5) is 0 Å². The van der Waals surface area contributed by atoms with Crippen LogP contribution < -0.4 is 15.8 Å². The molecule has 0 bridgehead atoms. The van der Waals surface area contributed by atoms with Crippen molar-refractivity contribution in [2.75, 3.05) is 6.61 Å². The average Bonchev–Trinajstić information content (AvgIpc) is 2.43. The molecule has 2 rings (SSSR count). The first-order valence-electron chi connectivity index (χ1n) is 5.99. The molecule has 19 heavy (non-hydrogen) atoms. The van der Waals surface area contributed by atoms with Gasteiger partial charge in [0, 0.05) is 0 Å². The van der Waals surface area contributed by atoms with Crippen LogP contribution in [0.5, 0.6) is 5.75 Å². The lowest BCUT2D eigenvalue weighted by Crippen LogP contribution is -2.53. The van der Waals surface area contributed by atoms with Crippen LogP contribution in [0.25, 0.3) is 0 Å². The number of amides is 2. The predicted molar refractivity (Wildman–Crippen MR) is 69.9 cm³/mol. The molecule has 1 aromatic carbocycles. The molecule has 1 atom stereocenters.